The minimum atomic E-state index is -0.542. The molecule has 0 amide bonds. The van der Waals surface area contributed by atoms with Gasteiger partial charge in [0.25, 0.3) is 0 Å². The topological polar surface area (TPSA) is 55.8 Å². The lowest BCUT2D eigenvalue weighted by Gasteiger charge is -2.27. The number of carbonyl (C=O) groups is 2. The molecule has 0 saturated heterocycles. The average molecular weight is 638 g/mol. The number of carbonyl (C=O) groups excluding carboxylic acids is 2. The lowest BCUT2D eigenvalue weighted by atomic mass is 10.0. The van der Waals surface area contributed by atoms with Crippen molar-refractivity contribution in [2.75, 3.05) is 14.1 Å². The Morgan fingerprint density at radius 3 is 1.18 bits per heavy atom. The van der Waals surface area contributed by atoms with Crippen molar-refractivity contribution in [1.82, 2.24) is 4.90 Å². The van der Waals surface area contributed by atoms with Gasteiger partial charge in [0.1, 0.15) is 17.7 Å². The zero-order chi connectivity index (χ0) is 33.6. The van der Waals surface area contributed by atoms with Crippen LogP contribution in [0.5, 0.6) is 0 Å². The Bertz CT molecular complexity index is 644. The monoisotopic (exact) mass is 638 g/mol. The van der Waals surface area contributed by atoms with Crippen LogP contribution in [0.3, 0.4) is 0 Å². The van der Waals surface area contributed by atoms with Gasteiger partial charge in [-0.3, -0.25) is 14.5 Å². The van der Waals surface area contributed by atoms with Gasteiger partial charge in [0.05, 0.1) is 0 Å². The number of hydrogen-bond donors (Lipinski definition) is 0. The zero-order valence-corrected chi connectivity index (χ0v) is 31.5. The van der Waals surface area contributed by atoms with Gasteiger partial charge >= 0.3 is 11.9 Å². The highest BCUT2D eigenvalue weighted by atomic mass is 16.6. The van der Waals surface area contributed by atoms with E-state index in [4.69, 9.17) is 9.47 Å². The second-order valence-electron chi connectivity index (χ2n) is 15.0. The molecule has 1 atom stereocenters. The van der Waals surface area contributed by atoms with Crippen LogP contribution in [-0.2, 0) is 19.1 Å². The van der Waals surface area contributed by atoms with Gasteiger partial charge in [0, 0.05) is 6.42 Å². The lowest BCUT2D eigenvalue weighted by Crippen LogP contribution is -2.41. The maximum atomic E-state index is 12.9. The van der Waals surface area contributed by atoms with E-state index in [-0.39, 0.29) is 24.5 Å². The van der Waals surface area contributed by atoms with Crippen LogP contribution in [-0.4, -0.2) is 48.7 Å². The predicted octanol–water partition coefficient (Wildman–Crippen LogP) is 12.1. The summed E-state index contributed by atoms with van der Waals surface area (Å²) in [5.41, 5.74) is -0.542. The molecule has 0 saturated carbocycles. The van der Waals surface area contributed by atoms with E-state index in [1.165, 1.54) is 141 Å². The molecule has 45 heavy (non-hydrogen) atoms. The first-order valence-corrected chi connectivity index (χ1v) is 19.7. The van der Waals surface area contributed by atoms with Crippen LogP contribution < -0.4 is 0 Å². The van der Waals surface area contributed by atoms with E-state index in [1.807, 2.05) is 39.8 Å². The summed E-state index contributed by atoms with van der Waals surface area (Å²) in [6.45, 7) is 10.2. The molecular weight excluding hydrogens is 558 g/mol. The van der Waals surface area contributed by atoms with Gasteiger partial charge < -0.3 is 9.47 Å². The molecule has 0 aromatic rings. The molecule has 268 valence electrons. The number of likely N-dealkylation sites (N-methyl/N-ethyl adjacent to an activating group) is 1. The quantitative estimate of drug-likeness (QED) is 0.0542. The highest BCUT2D eigenvalue weighted by Crippen LogP contribution is 2.20. The predicted molar refractivity (Wildman–Crippen MR) is 194 cm³/mol. The van der Waals surface area contributed by atoms with Gasteiger partial charge in [-0.05, 0) is 67.0 Å². The summed E-state index contributed by atoms with van der Waals surface area (Å²) < 4.78 is 11.6. The molecule has 5 heteroatoms. The molecule has 0 aliphatic heterocycles. The summed E-state index contributed by atoms with van der Waals surface area (Å²) in [7, 11) is 3.73. The second-order valence-corrected chi connectivity index (χ2v) is 15.0. The van der Waals surface area contributed by atoms with Gasteiger partial charge in [0.2, 0.25) is 0 Å². The molecule has 0 fully saturated rings. The molecule has 0 rings (SSSR count). The van der Waals surface area contributed by atoms with Crippen molar-refractivity contribution in [2.24, 2.45) is 0 Å². The fourth-order valence-electron chi connectivity index (χ4n) is 6.14. The van der Waals surface area contributed by atoms with E-state index < -0.39 is 11.6 Å². The van der Waals surface area contributed by atoms with Crippen LogP contribution in [0.2, 0.25) is 0 Å². The Hall–Kier alpha value is -1.10. The lowest BCUT2D eigenvalue weighted by molar-refractivity contribution is -0.161. The third-order valence-corrected chi connectivity index (χ3v) is 8.98. The van der Waals surface area contributed by atoms with Crippen molar-refractivity contribution in [1.29, 1.82) is 0 Å². The third-order valence-electron chi connectivity index (χ3n) is 8.98. The Kier molecular flexibility index (Phi) is 29.5. The standard InChI is InChI=1S/C40H79NO4/c1-8-10-12-14-16-18-20-22-24-26-28-30-32-36(33-31-29-27-25-23-21-19-17-15-13-11-9-2)44-38(42)35-34-37(41(6)7)39(43)45-40(3,4)5/h36-37H,8-35H2,1-7H3. The van der Waals surface area contributed by atoms with Crippen LogP contribution in [0.25, 0.3) is 0 Å². The molecule has 0 heterocycles. The first kappa shape index (κ1) is 43.9. The molecule has 0 aliphatic rings. The maximum absolute atomic E-state index is 12.9. The van der Waals surface area contributed by atoms with Gasteiger partial charge in [-0.25, -0.2) is 0 Å². The Labute approximate surface area is 281 Å². The van der Waals surface area contributed by atoms with Crippen molar-refractivity contribution < 1.29 is 19.1 Å². The van der Waals surface area contributed by atoms with Gasteiger partial charge in [0.15, 0.2) is 0 Å². The number of hydrogen-bond acceptors (Lipinski definition) is 5. The molecule has 5 nitrogen and oxygen atoms in total. The van der Waals surface area contributed by atoms with Crippen molar-refractivity contribution in [3.05, 3.63) is 0 Å². The molecule has 0 N–H and O–H groups in total. The van der Waals surface area contributed by atoms with Crippen molar-refractivity contribution in [3.63, 3.8) is 0 Å². The highest BCUT2D eigenvalue weighted by molar-refractivity contribution is 5.77. The number of ether oxygens (including phenoxy) is 2. The zero-order valence-electron chi connectivity index (χ0n) is 31.5. The maximum Gasteiger partial charge on any atom is 0.323 e. The summed E-state index contributed by atoms with van der Waals surface area (Å²) >= 11 is 0. The minimum absolute atomic E-state index is 0.00285. The molecule has 0 bridgehead atoms. The van der Waals surface area contributed by atoms with E-state index in [1.54, 1.807) is 0 Å². The molecule has 0 aromatic carbocycles. The molecule has 0 aliphatic carbocycles. The highest BCUT2D eigenvalue weighted by Gasteiger charge is 2.28. The Balaban J connectivity index is 4.48. The van der Waals surface area contributed by atoms with Crippen LogP contribution in [0, 0.1) is 0 Å². The van der Waals surface area contributed by atoms with Crippen molar-refractivity contribution in [3.8, 4) is 0 Å². The summed E-state index contributed by atoms with van der Waals surface area (Å²) in [5.74, 6) is -0.446. The molecule has 0 aromatic heterocycles. The van der Waals surface area contributed by atoms with E-state index >= 15 is 0 Å². The van der Waals surface area contributed by atoms with E-state index in [2.05, 4.69) is 13.8 Å². The van der Waals surface area contributed by atoms with Gasteiger partial charge in [-0.2, -0.15) is 0 Å². The van der Waals surface area contributed by atoms with Crippen molar-refractivity contribution >= 4 is 11.9 Å². The normalized spacial score (nSPS) is 12.6. The molecule has 0 radical (unpaired) electrons. The van der Waals surface area contributed by atoms with E-state index in [0.29, 0.717) is 6.42 Å². The minimum Gasteiger partial charge on any atom is -0.462 e. The van der Waals surface area contributed by atoms with E-state index in [9.17, 15) is 9.59 Å². The van der Waals surface area contributed by atoms with Crippen molar-refractivity contribution in [2.45, 2.75) is 232 Å². The summed E-state index contributed by atoms with van der Waals surface area (Å²) in [6, 6.07) is -0.442. The third kappa shape index (κ3) is 30.0. The first-order chi connectivity index (χ1) is 21.6. The average Bonchev–Trinajstić information content (AvgIpc) is 2.97. The van der Waals surface area contributed by atoms with Gasteiger partial charge in [-0.1, -0.05) is 155 Å². The van der Waals surface area contributed by atoms with Gasteiger partial charge in [-0.15, -0.1) is 0 Å². The fraction of sp³-hybridized carbons (Fsp3) is 0.950. The number of esters is 2. The second kappa shape index (κ2) is 30.2. The first-order valence-electron chi connectivity index (χ1n) is 19.7. The van der Waals surface area contributed by atoms with Crippen LogP contribution in [0.15, 0.2) is 0 Å². The number of unbranched alkanes of at least 4 members (excludes halogenated alkanes) is 22. The number of nitrogens with zero attached hydrogens (tertiary/aromatic N) is 1. The van der Waals surface area contributed by atoms with Crippen LogP contribution in [0.4, 0.5) is 0 Å². The molecule has 1 unspecified atom stereocenters. The summed E-state index contributed by atoms with van der Waals surface area (Å²) in [5, 5.41) is 0. The smallest absolute Gasteiger partial charge is 0.323 e. The fourth-order valence-corrected chi connectivity index (χ4v) is 6.14. The number of rotatable bonds is 32. The van der Waals surface area contributed by atoms with Crippen LogP contribution >= 0.6 is 0 Å². The summed E-state index contributed by atoms with van der Waals surface area (Å²) in [6.07, 6.45) is 34.6. The van der Waals surface area contributed by atoms with E-state index in [0.717, 1.165) is 25.7 Å². The van der Waals surface area contributed by atoms with Crippen LogP contribution in [0.1, 0.15) is 214 Å². The SMILES string of the molecule is CCCCCCCCCCCCCCC(CCCCCCCCCCCCCC)OC(=O)CCC(C(=O)OC(C)(C)C)N(C)C. The largest absolute Gasteiger partial charge is 0.462 e. The Morgan fingerprint density at radius 1 is 0.533 bits per heavy atom. The Morgan fingerprint density at radius 2 is 0.867 bits per heavy atom. The molecule has 0 spiro atoms. The summed E-state index contributed by atoms with van der Waals surface area (Å²) in [4.78, 5) is 27.5. The molecular formula is C40H79NO4.